The van der Waals surface area contributed by atoms with Gasteiger partial charge in [0.1, 0.15) is 6.10 Å². The Bertz CT molecular complexity index is 309. The first kappa shape index (κ1) is 18.4. The fourth-order valence-corrected chi connectivity index (χ4v) is 2.42. The van der Waals surface area contributed by atoms with Crippen LogP contribution >= 0.6 is 0 Å². The molecule has 1 heterocycles. The van der Waals surface area contributed by atoms with Crippen molar-refractivity contribution in [2.75, 3.05) is 0 Å². The minimum absolute atomic E-state index is 0.0356. The summed E-state index contributed by atoms with van der Waals surface area (Å²) in [6.45, 7) is 3.70. The maximum Gasteiger partial charge on any atom is 0.303 e. The summed E-state index contributed by atoms with van der Waals surface area (Å²) in [5.41, 5.74) is 0. The second-order valence-electron chi connectivity index (χ2n) is 5.87. The summed E-state index contributed by atoms with van der Waals surface area (Å²) >= 11 is 0. The van der Waals surface area contributed by atoms with Crippen LogP contribution in [0.25, 0.3) is 0 Å². The Morgan fingerprint density at radius 2 is 1.90 bits per heavy atom. The van der Waals surface area contributed by atoms with Crippen LogP contribution in [-0.2, 0) is 14.3 Å². The van der Waals surface area contributed by atoms with Crippen LogP contribution in [-0.4, -0.2) is 52.0 Å². The van der Waals surface area contributed by atoms with Crippen molar-refractivity contribution in [3.05, 3.63) is 0 Å². The summed E-state index contributed by atoms with van der Waals surface area (Å²) < 4.78 is 11.2. The van der Waals surface area contributed by atoms with E-state index in [0.29, 0.717) is 6.42 Å². The summed E-state index contributed by atoms with van der Waals surface area (Å²) in [5, 5.41) is 27.9. The molecule has 0 aromatic heterocycles. The molecule has 1 aliphatic rings. The molecule has 6 nitrogen and oxygen atoms in total. The van der Waals surface area contributed by atoms with Gasteiger partial charge in [0.15, 0.2) is 6.29 Å². The van der Waals surface area contributed by atoms with Crippen LogP contribution in [0.15, 0.2) is 0 Å². The van der Waals surface area contributed by atoms with Crippen molar-refractivity contribution in [3.63, 3.8) is 0 Å². The van der Waals surface area contributed by atoms with Crippen molar-refractivity contribution in [3.8, 4) is 0 Å². The van der Waals surface area contributed by atoms with E-state index in [-0.39, 0.29) is 25.0 Å². The lowest BCUT2D eigenvalue weighted by Gasteiger charge is -2.36. The van der Waals surface area contributed by atoms with Gasteiger partial charge in [-0.15, -0.1) is 0 Å². The monoisotopic (exact) mass is 304 g/mol. The highest BCUT2D eigenvalue weighted by Crippen LogP contribution is 2.23. The lowest BCUT2D eigenvalue weighted by atomic mass is 10.0. The Balaban J connectivity index is 2.12. The number of carboxylic acids is 1. The normalized spacial score (nSPS) is 31.0. The first-order chi connectivity index (χ1) is 9.90. The molecule has 0 aromatic rings. The molecule has 0 radical (unpaired) electrons. The number of unbranched alkanes of at least 4 members (excludes halogenated alkanes) is 3. The zero-order chi connectivity index (χ0) is 15.8. The predicted molar refractivity (Wildman–Crippen MR) is 76.9 cm³/mol. The van der Waals surface area contributed by atoms with Gasteiger partial charge in [0.05, 0.1) is 18.3 Å². The van der Waals surface area contributed by atoms with Crippen LogP contribution < -0.4 is 0 Å². The van der Waals surface area contributed by atoms with Crippen molar-refractivity contribution in [2.45, 2.75) is 89.5 Å². The highest BCUT2D eigenvalue weighted by molar-refractivity contribution is 5.66. The van der Waals surface area contributed by atoms with Gasteiger partial charge >= 0.3 is 5.97 Å². The molecule has 1 aliphatic heterocycles. The average Bonchev–Trinajstić information content (AvgIpc) is 2.39. The summed E-state index contributed by atoms with van der Waals surface area (Å²) in [7, 11) is 0. The molecular formula is C15H28O6. The number of hydrogen-bond acceptors (Lipinski definition) is 5. The van der Waals surface area contributed by atoms with E-state index in [2.05, 4.69) is 0 Å². The van der Waals surface area contributed by atoms with Crippen molar-refractivity contribution < 1.29 is 29.6 Å². The van der Waals surface area contributed by atoms with E-state index >= 15 is 0 Å². The SMILES string of the molecule is C[C@H](CCCCCCC(=O)O)O[C@@H]1O[C@@H](C)[C@H](O)C[C@H]1O. The summed E-state index contributed by atoms with van der Waals surface area (Å²) in [4.78, 5) is 10.4. The van der Waals surface area contributed by atoms with Crippen molar-refractivity contribution in [2.24, 2.45) is 0 Å². The first-order valence-electron chi connectivity index (χ1n) is 7.79. The molecule has 0 aliphatic carbocycles. The van der Waals surface area contributed by atoms with Crippen LogP contribution in [0.3, 0.4) is 0 Å². The molecular weight excluding hydrogens is 276 g/mol. The van der Waals surface area contributed by atoms with Crippen molar-refractivity contribution in [1.29, 1.82) is 0 Å². The predicted octanol–water partition coefficient (Wildman–Crippen LogP) is 1.67. The van der Waals surface area contributed by atoms with Gasteiger partial charge < -0.3 is 24.8 Å². The van der Waals surface area contributed by atoms with E-state index in [0.717, 1.165) is 25.7 Å². The largest absolute Gasteiger partial charge is 0.481 e. The molecule has 0 bridgehead atoms. The topological polar surface area (TPSA) is 96.2 Å². The zero-order valence-corrected chi connectivity index (χ0v) is 12.9. The molecule has 0 aromatic carbocycles. The number of carbonyl (C=O) groups is 1. The van der Waals surface area contributed by atoms with E-state index in [1.807, 2.05) is 6.92 Å². The Labute approximate surface area is 126 Å². The van der Waals surface area contributed by atoms with E-state index in [9.17, 15) is 15.0 Å². The Morgan fingerprint density at radius 3 is 2.57 bits per heavy atom. The molecule has 1 rings (SSSR count). The summed E-state index contributed by atoms with van der Waals surface area (Å²) in [6.07, 6.45) is 2.41. The van der Waals surface area contributed by atoms with Gasteiger partial charge in [0.2, 0.25) is 0 Å². The van der Waals surface area contributed by atoms with Gasteiger partial charge in [0.25, 0.3) is 0 Å². The fourth-order valence-electron chi connectivity index (χ4n) is 2.42. The molecule has 0 unspecified atom stereocenters. The molecule has 6 heteroatoms. The molecule has 3 N–H and O–H groups in total. The number of aliphatic carboxylic acids is 1. The number of ether oxygens (including phenoxy) is 2. The zero-order valence-electron chi connectivity index (χ0n) is 12.9. The van der Waals surface area contributed by atoms with Crippen LogP contribution in [0.5, 0.6) is 0 Å². The van der Waals surface area contributed by atoms with E-state index < -0.39 is 24.5 Å². The molecule has 1 fully saturated rings. The third-order valence-electron chi connectivity index (χ3n) is 3.81. The minimum Gasteiger partial charge on any atom is -0.481 e. The Hall–Kier alpha value is -0.690. The van der Waals surface area contributed by atoms with Crippen LogP contribution in [0.2, 0.25) is 0 Å². The molecule has 5 atom stereocenters. The number of carboxylic acid groups (broad SMARTS) is 1. The lowest BCUT2D eigenvalue weighted by molar-refractivity contribution is -0.273. The number of aliphatic hydroxyl groups excluding tert-OH is 2. The standard InChI is InChI=1S/C15H28O6/c1-10(7-5-3-4-6-8-14(18)19)20-15-13(17)9-12(16)11(2)21-15/h10-13,15-17H,3-9H2,1-2H3,(H,18,19)/t10-,11+,12-,13-,15-/m1/s1. The number of hydrogen-bond donors (Lipinski definition) is 3. The van der Waals surface area contributed by atoms with Crippen LogP contribution in [0.4, 0.5) is 0 Å². The average molecular weight is 304 g/mol. The van der Waals surface area contributed by atoms with Gasteiger partial charge in [-0.3, -0.25) is 4.79 Å². The Kier molecular flexibility index (Phi) is 8.18. The molecule has 1 saturated heterocycles. The first-order valence-corrected chi connectivity index (χ1v) is 7.79. The number of aliphatic hydroxyl groups is 2. The summed E-state index contributed by atoms with van der Waals surface area (Å²) in [5.74, 6) is -0.744. The van der Waals surface area contributed by atoms with Gasteiger partial charge in [0, 0.05) is 12.8 Å². The third-order valence-corrected chi connectivity index (χ3v) is 3.81. The molecule has 0 spiro atoms. The summed E-state index contributed by atoms with van der Waals surface area (Å²) in [6, 6.07) is 0. The molecule has 124 valence electrons. The smallest absolute Gasteiger partial charge is 0.303 e. The third kappa shape index (κ3) is 7.22. The second-order valence-corrected chi connectivity index (χ2v) is 5.87. The van der Waals surface area contributed by atoms with Gasteiger partial charge in [-0.1, -0.05) is 19.3 Å². The van der Waals surface area contributed by atoms with Crippen molar-refractivity contribution in [1.82, 2.24) is 0 Å². The van der Waals surface area contributed by atoms with Crippen LogP contribution in [0.1, 0.15) is 58.8 Å². The maximum absolute atomic E-state index is 10.4. The van der Waals surface area contributed by atoms with E-state index in [1.165, 1.54) is 0 Å². The van der Waals surface area contributed by atoms with Crippen LogP contribution in [0, 0.1) is 0 Å². The lowest BCUT2D eigenvalue weighted by Crippen LogP contribution is -2.48. The molecule has 0 saturated carbocycles. The highest BCUT2D eigenvalue weighted by Gasteiger charge is 2.35. The quantitative estimate of drug-likeness (QED) is 0.561. The molecule has 0 amide bonds. The van der Waals surface area contributed by atoms with Gasteiger partial charge in [-0.05, 0) is 26.7 Å². The maximum atomic E-state index is 10.4. The highest BCUT2D eigenvalue weighted by atomic mass is 16.7. The Morgan fingerprint density at radius 1 is 1.24 bits per heavy atom. The van der Waals surface area contributed by atoms with E-state index in [4.69, 9.17) is 14.6 Å². The minimum atomic E-state index is -0.797. The molecule has 21 heavy (non-hydrogen) atoms. The van der Waals surface area contributed by atoms with Gasteiger partial charge in [-0.2, -0.15) is 0 Å². The number of rotatable bonds is 9. The second kappa shape index (κ2) is 9.35. The fraction of sp³-hybridized carbons (Fsp3) is 0.933. The van der Waals surface area contributed by atoms with Gasteiger partial charge in [-0.25, -0.2) is 0 Å². The van der Waals surface area contributed by atoms with E-state index in [1.54, 1.807) is 6.92 Å². The van der Waals surface area contributed by atoms with Crippen molar-refractivity contribution >= 4 is 5.97 Å².